The molecule has 8 heteroatoms. The molecule has 1 saturated heterocycles. The fourth-order valence-corrected chi connectivity index (χ4v) is 6.42. The van der Waals surface area contributed by atoms with Gasteiger partial charge in [-0.1, -0.05) is 0 Å². The molecule has 2 aromatic carbocycles. The van der Waals surface area contributed by atoms with Gasteiger partial charge in [0.1, 0.15) is 17.4 Å². The average molecular weight is 511 g/mol. The van der Waals surface area contributed by atoms with Crippen LogP contribution in [-0.2, 0) is 4.79 Å². The van der Waals surface area contributed by atoms with E-state index in [9.17, 15) is 23.8 Å². The van der Waals surface area contributed by atoms with Gasteiger partial charge < -0.3 is 20.3 Å². The summed E-state index contributed by atoms with van der Waals surface area (Å²) in [4.78, 5) is 16.6. The van der Waals surface area contributed by atoms with Crippen molar-refractivity contribution >= 4 is 16.9 Å². The number of rotatable bonds is 8. The first-order valence-corrected chi connectivity index (χ1v) is 12.8. The van der Waals surface area contributed by atoms with Gasteiger partial charge in [-0.15, -0.1) is 0 Å². The highest BCUT2D eigenvalue weighted by atomic mass is 19.1. The highest BCUT2D eigenvalue weighted by molar-refractivity contribution is 5.83. The van der Waals surface area contributed by atoms with E-state index < -0.39 is 29.6 Å². The summed E-state index contributed by atoms with van der Waals surface area (Å²) in [6.07, 6.45) is 3.18. The van der Waals surface area contributed by atoms with Crippen molar-refractivity contribution in [2.45, 2.75) is 37.7 Å². The zero-order valence-electron chi connectivity index (χ0n) is 20.7. The number of carboxylic acid groups (broad SMARTS) is 1. The summed E-state index contributed by atoms with van der Waals surface area (Å²) in [5.41, 5.74) is 1.84. The van der Waals surface area contributed by atoms with Crippen LogP contribution in [0.1, 0.15) is 48.8 Å². The van der Waals surface area contributed by atoms with Gasteiger partial charge in [-0.3, -0.25) is 9.78 Å². The number of halogens is 2. The van der Waals surface area contributed by atoms with E-state index in [-0.39, 0.29) is 23.7 Å². The molecule has 2 aliphatic rings. The number of aliphatic hydroxyl groups excluding tert-OH is 1. The highest BCUT2D eigenvalue weighted by Gasteiger charge is 2.45. The smallest absolute Gasteiger partial charge is 0.308 e. The van der Waals surface area contributed by atoms with Gasteiger partial charge in [0, 0.05) is 18.1 Å². The summed E-state index contributed by atoms with van der Waals surface area (Å²) in [6, 6.07) is 10.9. The molecule has 6 nitrogen and oxygen atoms in total. The lowest BCUT2D eigenvalue weighted by Crippen LogP contribution is -2.47. The standard InChI is InChI=1S/C29H32F2N2O4/c1-37-19-3-5-27-24(13-19)21(7-9-33-27)28(34)14-22(20-6-8-32-15-25(20)29(35)36)16-10-17(11-16)23-12-18(30)2-4-26(23)31/h2-5,7,9,12-13,16-17,20,22,25,28,32,34H,6,8,10-11,14-15H2,1H3,(H,35,36)/t16?,17?,20?,22-,25?,28-/m1/s1. The zero-order chi connectivity index (χ0) is 26.1. The number of hydrogen-bond donors (Lipinski definition) is 3. The summed E-state index contributed by atoms with van der Waals surface area (Å²) in [5.74, 6) is -1.84. The van der Waals surface area contributed by atoms with Crippen LogP contribution in [0.3, 0.4) is 0 Å². The van der Waals surface area contributed by atoms with Crippen molar-refractivity contribution in [3.8, 4) is 5.75 Å². The molecule has 5 rings (SSSR count). The second kappa shape index (κ2) is 10.7. The van der Waals surface area contributed by atoms with E-state index in [0.717, 1.165) is 28.6 Å². The Morgan fingerprint density at radius 2 is 2.00 bits per heavy atom. The number of nitrogens with one attached hydrogen (secondary N) is 1. The van der Waals surface area contributed by atoms with Crippen LogP contribution >= 0.6 is 0 Å². The maximum Gasteiger partial charge on any atom is 0.308 e. The highest BCUT2D eigenvalue weighted by Crippen LogP contribution is 2.52. The fourth-order valence-electron chi connectivity index (χ4n) is 6.42. The molecule has 0 spiro atoms. The number of benzene rings is 2. The number of ether oxygens (including phenoxy) is 1. The number of fused-ring (bicyclic) bond motifs is 1. The molecular formula is C29H32F2N2O4. The number of carbonyl (C=O) groups is 1. The molecule has 0 radical (unpaired) electrons. The lowest BCUT2D eigenvalue weighted by Gasteiger charge is -2.47. The van der Waals surface area contributed by atoms with Crippen molar-refractivity contribution in [2.75, 3.05) is 20.2 Å². The predicted molar refractivity (Wildman–Crippen MR) is 135 cm³/mol. The number of aromatic nitrogens is 1. The van der Waals surface area contributed by atoms with Gasteiger partial charge in [0.05, 0.1) is 24.6 Å². The monoisotopic (exact) mass is 510 g/mol. The Hall–Kier alpha value is -3.10. The molecule has 2 heterocycles. The SMILES string of the molecule is COc1ccc2nccc([C@H](O)C[C@H](C3CC(c4cc(F)ccc4F)C3)C3CCNCC3C(=O)O)c2c1. The number of piperidine rings is 1. The van der Waals surface area contributed by atoms with Gasteiger partial charge in [-0.05, 0) is 109 Å². The van der Waals surface area contributed by atoms with Crippen LogP contribution in [0.15, 0.2) is 48.7 Å². The number of aliphatic hydroxyl groups is 1. The zero-order valence-corrected chi connectivity index (χ0v) is 20.7. The number of aliphatic carboxylic acids is 1. The quantitative estimate of drug-likeness (QED) is 0.392. The molecule has 4 atom stereocenters. The summed E-state index contributed by atoms with van der Waals surface area (Å²) >= 11 is 0. The van der Waals surface area contributed by atoms with Crippen molar-refractivity contribution in [2.24, 2.45) is 23.7 Å². The lowest BCUT2D eigenvalue weighted by atomic mass is 9.59. The van der Waals surface area contributed by atoms with Crippen LogP contribution in [0, 0.1) is 35.3 Å². The molecule has 1 aliphatic carbocycles. The maximum atomic E-state index is 14.4. The van der Waals surface area contributed by atoms with Crippen molar-refractivity contribution < 1.29 is 28.5 Å². The Morgan fingerprint density at radius 1 is 1.19 bits per heavy atom. The molecule has 0 bridgehead atoms. The van der Waals surface area contributed by atoms with Crippen LogP contribution in [0.25, 0.3) is 10.9 Å². The molecule has 1 aliphatic heterocycles. The first-order valence-electron chi connectivity index (χ1n) is 12.8. The van der Waals surface area contributed by atoms with E-state index in [1.807, 2.05) is 18.2 Å². The number of methoxy groups -OCH3 is 1. The van der Waals surface area contributed by atoms with E-state index in [0.29, 0.717) is 50.1 Å². The Labute approximate surface area is 214 Å². The predicted octanol–water partition coefficient (Wildman–Crippen LogP) is 5.07. The second-order valence-electron chi connectivity index (χ2n) is 10.4. The van der Waals surface area contributed by atoms with Gasteiger partial charge in [0.15, 0.2) is 0 Å². The van der Waals surface area contributed by atoms with Crippen LogP contribution in [-0.4, -0.2) is 41.4 Å². The van der Waals surface area contributed by atoms with Crippen molar-refractivity contribution in [1.29, 1.82) is 0 Å². The van der Waals surface area contributed by atoms with E-state index in [1.165, 1.54) is 6.07 Å². The van der Waals surface area contributed by atoms with Crippen LogP contribution < -0.4 is 10.1 Å². The Bertz CT molecular complexity index is 1280. The number of hydrogen-bond acceptors (Lipinski definition) is 5. The molecule has 1 aromatic heterocycles. The normalized spacial score (nSPS) is 25.3. The molecule has 2 fully saturated rings. The van der Waals surface area contributed by atoms with Crippen molar-refractivity contribution in [1.82, 2.24) is 10.3 Å². The summed E-state index contributed by atoms with van der Waals surface area (Å²) < 4.78 is 33.6. The van der Waals surface area contributed by atoms with E-state index in [4.69, 9.17) is 4.74 Å². The molecule has 0 amide bonds. The molecule has 3 N–H and O–H groups in total. The topological polar surface area (TPSA) is 91.7 Å². The maximum absolute atomic E-state index is 14.4. The molecule has 3 aromatic rings. The van der Waals surface area contributed by atoms with Crippen LogP contribution in [0.4, 0.5) is 8.78 Å². The average Bonchev–Trinajstić information content (AvgIpc) is 2.88. The molecule has 37 heavy (non-hydrogen) atoms. The number of pyridine rings is 1. The van der Waals surface area contributed by atoms with Gasteiger partial charge >= 0.3 is 5.97 Å². The third kappa shape index (κ3) is 5.18. The number of nitrogens with zero attached hydrogens (tertiary/aromatic N) is 1. The summed E-state index contributed by atoms with van der Waals surface area (Å²) in [6.45, 7) is 1.10. The molecule has 1 saturated carbocycles. The van der Waals surface area contributed by atoms with Crippen molar-refractivity contribution in [3.05, 3.63) is 71.4 Å². The minimum absolute atomic E-state index is 0.0834. The Morgan fingerprint density at radius 3 is 2.76 bits per heavy atom. The third-order valence-corrected chi connectivity index (χ3v) is 8.42. The van der Waals surface area contributed by atoms with Gasteiger partial charge in [0.25, 0.3) is 0 Å². The van der Waals surface area contributed by atoms with Crippen LogP contribution in [0.5, 0.6) is 5.75 Å². The third-order valence-electron chi connectivity index (χ3n) is 8.42. The fraction of sp³-hybridized carbons (Fsp3) is 0.448. The van der Waals surface area contributed by atoms with Gasteiger partial charge in [0.2, 0.25) is 0 Å². The molecular weight excluding hydrogens is 478 g/mol. The van der Waals surface area contributed by atoms with E-state index in [2.05, 4.69) is 10.3 Å². The number of carboxylic acids is 1. The van der Waals surface area contributed by atoms with Gasteiger partial charge in [-0.25, -0.2) is 8.78 Å². The second-order valence-corrected chi connectivity index (χ2v) is 10.4. The van der Waals surface area contributed by atoms with E-state index >= 15 is 0 Å². The summed E-state index contributed by atoms with van der Waals surface area (Å²) in [5, 5.41) is 25.4. The minimum Gasteiger partial charge on any atom is -0.497 e. The Balaban J connectivity index is 1.43. The largest absolute Gasteiger partial charge is 0.497 e. The molecule has 196 valence electrons. The summed E-state index contributed by atoms with van der Waals surface area (Å²) in [7, 11) is 1.58. The first-order chi connectivity index (χ1) is 17.9. The first kappa shape index (κ1) is 25.5. The Kier molecular flexibility index (Phi) is 7.40. The molecule has 2 unspecified atom stereocenters. The van der Waals surface area contributed by atoms with E-state index in [1.54, 1.807) is 19.4 Å². The minimum atomic E-state index is -0.845. The lowest BCUT2D eigenvalue weighted by molar-refractivity contribution is -0.146. The van der Waals surface area contributed by atoms with Crippen LogP contribution in [0.2, 0.25) is 0 Å². The van der Waals surface area contributed by atoms with Gasteiger partial charge in [-0.2, -0.15) is 0 Å². The van der Waals surface area contributed by atoms with Crippen molar-refractivity contribution in [3.63, 3.8) is 0 Å².